The Labute approximate surface area is 187 Å². The number of rotatable bonds is 8. The van der Waals surface area contributed by atoms with Crippen molar-refractivity contribution in [2.24, 2.45) is 11.8 Å². The second-order valence-corrected chi connectivity index (χ2v) is 8.88. The average molecular weight is 437 g/mol. The van der Waals surface area contributed by atoms with Crippen molar-refractivity contribution in [3.05, 3.63) is 59.7 Å². The topological polar surface area (TPSA) is 105 Å². The number of nitrogens with one attached hydrogen (secondary N) is 2. The van der Waals surface area contributed by atoms with E-state index in [9.17, 15) is 19.5 Å². The molecule has 2 unspecified atom stereocenters. The van der Waals surface area contributed by atoms with Gasteiger partial charge in [-0.05, 0) is 47.9 Å². The zero-order valence-electron chi connectivity index (χ0n) is 18.3. The van der Waals surface area contributed by atoms with Gasteiger partial charge in [0.05, 0.1) is 5.92 Å². The first-order chi connectivity index (χ1) is 15.3. The number of amides is 2. The van der Waals surface area contributed by atoms with Crippen LogP contribution in [0.25, 0.3) is 11.1 Å². The van der Waals surface area contributed by atoms with Crippen LogP contribution in [-0.2, 0) is 14.3 Å². The van der Waals surface area contributed by atoms with E-state index in [0.717, 1.165) is 35.1 Å². The Morgan fingerprint density at radius 1 is 1.06 bits per heavy atom. The van der Waals surface area contributed by atoms with Crippen LogP contribution in [0.3, 0.4) is 0 Å². The van der Waals surface area contributed by atoms with Crippen LogP contribution in [0.4, 0.5) is 4.79 Å². The average Bonchev–Trinajstić information content (AvgIpc) is 3.59. The SMILES string of the molecule is CC(CNC(=O)OCC1c2ccccc2-c2ccccc21)C(=O)NC(C)(C(=O)O)C1CC1. The zero-order valence-corrected chi connectivity index (χ0v) is 18.3. The highest BCUT2D eigenvalue weighted by Crippen LogP contribution is 2.44. The Morgan fingerprint density at radius 2 is 1.62 bits per heavy atom. The number of carboxylic acid groups (broad SMARTS) is 1. The second kappa shape index (κ2) is 8.65. The van der Waals surface area contributed by atoms with Crippen molar-refractivity contribution >= 4 is 18.0 Å². The third-order valence-electron chi connectivity index (χ3n) is 6.56. The van der Waals surface area contributed by atoms with Crippen LogP contribution >= 0.6 is 0 Å². The summed E-state index contributed by atoms with van der Waals surface area (Å²) >= 11 is 0. The van der Waals surface area contributed by atoms with E-state index in [2.05, 4.69) is 22.8 Å². The number of alkyl carbamates (subject to hydrolysis) is 1. The summed E-state index contributed by atoms with van der Waals surface area (Å²) in [6, 6.07) is 16.2. The fraction of sp³-hybridized carbons (Fsp3) is 0.400. The van der Waals surface area contributed by atoms with Crippen molar-refractivity contribution in [3.63, 3.8) is 0 Å². The molecular weight excluding hydrogens is 408 g/mol. The van der Waals surface area contributed by atoms with E-state index in [1.165, 1.54) is 6.92 Å². The summed E-state index contributed by atoms with van der Waals surface area (Å²) in [6.07, 6.45) is 0.972. The minimum absolute atomic E-state index is 0.0383. The molecule has 0 heterocycles. The number of aliphatic carboxylic acids is 1. The monoisotopic (exact) mass is 436 g/mol. The Bertz CT molecular complexity index is 1000. The number of carbonyl (C=O) groups excluding carboxylic acids is 2. The van der Waals surface area contributed by atoms with E-state index in [4.69, 9.17) is 4.74 Å². The fourth-order valence-electron chi connectivity index (χ4n) is 4.35. The Balaban J connectivity index is 1.30. The maximum atomic E-state index is 12.5. The first-order valence-electron chi connectivity index (χ1n) is 11.0. The van der Waals surface area contributed by atoms with Crippen molar-refractivity contribution in [2.45, 2.75) is 38.1 Å². The highest BCUT2D eigenvalue weighted by atomic mass is 16.5. The van der Waals surface area contributed by atoms with Crippen LogP contribution in [-0.4, -0.2) is 41.8 Å². The van der Waals surface area contributed by atoms with E-state index < -0.39 is 29.4 Å². The summed E-state index contributed by atoms with van der Waals surface area (Å²) in [4.78, 5) is 36.4. The van der Waals surface area contributed by atoms with Crippen LogP contribution in [0.1, 0.15) is 43.7 Å². The lowest BCUT2D eigenvalue weighted by atomic mass is 9.95. The molecule has 0 bridgehead atoms. The van der Waals surface area contributed by atoms with Gasteiger partial charge in [-0.1, -0.05) is 55.5 Å². The van der Waals surface area contributed by atoms with E-state index in [1.54, 1.807) is 6.92 Å². The number of carbonyl (C=O) groups is 3. The smallest absolute Gasteiger partial charge is 0.407 e. The molecule has 2 aromatic carbocycles. The second-order valence-electron chi connectivity index (χ2n) is 8.88. The molecule has 32 heavy (non-hydrogen) atoms. The lowest BCUT2D eigenvalue weighted by Gasteiger charge is -2.27. The normalized spacial score (nSPS) is 17.4. The molecule has 7 heteroatoms. The molecule has 2 aliphatic rings. The molecule has 1 saturated carbocycles. The molecule has 0 spiro atoms. The molecule has 2 aromatic rings. The van der Waals surface area contributed by atoms with Gasteiger partial charge in [-0.15, -0.1) is 0 Å². The number of benzene rings is 2. The number of carboxylic acids is 1. The van der Waals surface area contributed by atoms with Crippen molar-refractivity contribution in [1.29, 1.82) is 0 Å². The van der Waals surface area contributed by atoms with E-state index >= 15 is 0 Å². The predicted octanol–water partition coefficient (Wildman–Crippen LogP) is 3.53. The minimum Gasteiger partial charge on any atom is -0.480 e. The molecule has 7 nitrogen and oxygen atoms in total. The summed E-state index contributed by atoms with van der Waals surface area (Å²) in [5, 5.41) is 14.8. The number of ether oxygens (including phenoxy) is 1. The first-order valence-corrected chi connectivity index (χ1v) is 11.0. The molecule has 0 aromatic heterocycles. The molecule has 0 aliphatic heterocycles. The van der Waals surface area contributed by atoms with Gasteiger partial charge in [0.2, 0.25) is 5.91 Å². The highest BCUT2D eigenvalue weighted by molar-refractivity contribution is 5.88. The van der Waals surface area contributed by atoms with E-state index in [-0.39, 0.29) is 25.0 Å². The van der Waals surface area contributed by atoms with Crippen LogP contribution in [0.15, 0.2) is 48.5 Å². The van der Waals surface area contributed by atoms with Crippen LogP contribution in [0, 0.1) is 11.8 Å². The lowest BCUT2D eigenvalue weighted by molar-refractivity contribution is -0.148. The molecule has 0 saturated heterocycles. The Kier molecular flexibility index (Phi) is 5.91. The maximum absolute atomic E-state index is 12.5. The third-order valence-corrected chi connectivity index (χ3v) is 6.56. The molecule has 4 rings (SSSR count). The fourth-order valence-corrected chi connectivity index (χ4v) is 4.35. The molecule has 2 atom stereocenters. The van der Waals surface area contributed by atoms with E-state index in [1.807, 2.05) is 36.4 Å². The van der Waals surface area contributed by atoms with Gasteiger partial charge < -0.3 is 20.5 Å². The van der Waals surface area contributed by atoms with Gasteiger partial charge in [0, 0.05) is 12.5 Å². The van der Waals surface area contributed by atoms with Gasteiger partial charge in [0.25, 0.3) is 0 Å². The summed E-state index contributed by atoms with van der Waals surface area (Å²) in [7, 11) is 0. The highest BCUT2D eigenvalue weighted by Gasteiger charge is 2.48. The van der Waals surface area contributed by atoms with Crippen LogP contribution in [0.2, 0.25) is 0 Å². The summed E-state index contributed by atoms with van der Waals surface area (Å²) < 4.78 is 5.48. The molecular formula is C25H28N2O5. The molecule has 2 amide bonds. The van der Waals surface area contributed by atoms with E-state index in [0.29, 0.717) is 0 Å². The number of hydrogen-bond donors (Lipinski definition) is 3. The van der Waals surface area contributed by atoms with Crippen LogP contribution < -0.4 is 10.6 Å². The van der Waals surface area contributed by atoms with Gasteiger partial charge in [-0.3, -0.25) is 4.79 Å². The van der Waals surface area contributed by atoms with Gasteiger partial charge in [-0.25, -0.2) is 9.59 Å². The first kappa shape index (κ1) is 21.9. The van der Waals surface area contributed by atoms with Crippen molar-refractivity contribution < 1.29 is 24.2 Å². The zero-order chi connectivity index (χ0) is 22.9. The number of fused-ring (bicyclic) bond motifs is 3. The standard InChI is InChI=1S/C25H28N2O5/c1-15(22(28)27-25(2,23(29)30)16-11-12-16)13-26-24(31)32-14-21-19-9-5-3-7-17(19)18-8-4-6-10-20(18)21/h3-10,15-16,21H,11-14H2,1-2H3,(H,26,31)(H,27,28)(H,29,30). The molecule has 2 aliphatic carbocycles. The van der Waals surface area contributed by atoms with Gasteiger partial charge in [0.15, 0.2) is 0 Å². The molecule has 0 radical (unpaired) electrons. The molecule has 3 N–H and O–H groups in total. The van der Waals surface area contributed by atoms with Crippen molar-refractivity contribution in [2.75, 3.05) is 13.2 Å². The Hall–Kier alpha value is -3.35. The van der Waals surface area contributed by atoms with Crippen molar-refractivity contribution in [1.82, 2.24) is 10.6 Å². The lowest BCUT2D eigenvalue weighted by Crippen LogP contribution is -2.56. The number of hydrogen-bond acceptors (Lipinski definition) is 4. The molecule has 1 fully saturated rings. The predicted molar refractivity (Wildman–Crippen MR) is 119 cm³/mol. The third kappa shape index (κ3) is 4.20. The maximum Gasteiger partial charge on any atom is 0.407 e. The Morgan fingerprint density at radius 3 is 2.16 bits per heavy atom. The van der Waals surface area contributed by atoms with Gasteiger partial charge in [-0.2, -0.15) is 0 Å². The van der Waals surface area contributed by atoms with Crippen molar-refractivity contribution in [3.8, 4) is 11.1 Å². The summed E-state index contributed by atoms with van der Waals surface area (Å²) in [6.45, 7) is 3.44. The van der Waals surface area contributed by atoms with Gasteiger partial charge >= 0.3 is 12.1 Å². The summed E-state index contributed by atoms with van der Waals surface area (Å²) in [5.74, 6) is -2.12. The summed E-state index contributed by atoms with van der Waals surface area (Å²) in [5.41, 5.74) is 3.29. The largest absolute Gasteiger partial charge is 0.480 e. The van der Waals surface area contributed by atoms with Gasteiger partial charge in [0.1, 0.15) is 12.1 Å². The quantitative estimate of drug-likeness (QED) is 0.587. The minimum atomic E-state index is -1.27. The van der Waals surface area contributed by atoms with Crippen LogP contribution in [0.5, 0.6) is 0 Å². The molecule has 168 valence electrons.